The first-order chi connectivity index (χ1) is 10.5. The molecule has 1 aromatic carbocycles. The molecule has 1 N–H and O–H groups in total. The highest BCUT2D eigenvalue weighted by Crippen LogP contribution is 2.39. The summed E-state index contributed by atoms with van der Waals surface area (Å²) in [5.74, 6) is 1.54. The Labute approximate surface area is 133 Å². The number of aliphatic hydroxyl groups is 1. The van der Waals surface area contributed by atoms with E-state index in [1.165, 1.54) is 5.56 Å². The zero-order chi connectivity index (χ0) is 15.7. The largest absolute Gasteiger partial charge is 0.390 e. The average molecular weight is 301 g/mol. The predicted molar refractivity (Wildman–Crippen MR) is 87.5 cm³/mol. The first-order valence-corrected chi connectivity index (χ1v) is 8.52. The molecule has 1 aliphatic heterocycles. The van der Waals surface area contributed by atoms with Gasteiger partial charge in [-0.1, -0.05) is 37.3 Å². The van der Waals surface area contributed by atoms with Gasteiger partial charge in [0.1, 0.15) is 0 Å². The van der Waals surface area contributed by atoms with E-state index in [1.807, 2.05) is 11.8 Å². The lowest BCUT2D eigenvalue weighted by Gasteiger charge is -2.44. The first kappa shape index (κ1) is 15.5. The Hall–Kier alpha value is -1.35. The molecule has 0 spiro atoms. The number of likely N-dealkylation sites (tertiary alicyclic amines) is 1. The van der Waals surface area contributed by atoms with E-state index in [0.29, 0.717) is 24.7 Å². The number of benzene rings is 1. The Balaban J connectivity index is 1.51. The van der Waals surface area contributed by atoms with Crippen molar-refractivity contribution >= 4 is 5.91 Å². The van der Waals surface area contributed by atoms with E-state index in [0.717, 1.165) is 25.9 Å². The maximum Gasteiger partial charge on any atom is 0.225 e. The van der Waals surface area contributed by atoms with Crippen LogP contribution in [0.1, 0.15) is 51.0 Å². The molecule has 2 fully saturated rings. The van der Waals surface area contributed by atoms with Crippen molar-refractivity contribution in [2.75, 3.05) is 13.1 Å². The number of carbonyl (C=O) groups is 1. The highest BCUT2D eigenvalue weighted by molar-refractivity contribution is 5.80. The molecule has 1 saturated heterocycles. The molecule has 2 aliphatic rings. The van der Waals surface area contributed by atoms with Gasteiger partial charge >= 0.3 is 0 Å². The second-order valence-corrected chi connectivity index (χ2v) is 7.46. The van der Waals surface area contributed by atoms with E-state index in [-0.39, 0.29) is 11.8 Å². The van der Waals surface area contributed by atoms with Gasteiger partial charge in [-0.15, -0.1) is 0 Å². The second-order valence-electron chi connectivity index (χ2n) is 7.46. The van der Waals surface area contributed by atoms with Crippen molar-refractivity contribution in [2.24, 2.45) is 11.8 Å². The molecule has 0 aromatic heterocycles. The molecule has 1 atom stereocenters. The smallest absolute Gasteiger partial charge is 0.225 e. The fourth-order valence-electron chi connectivity index (χ4n) is 4.08. The van der Waals surface area contributed by atoms with Gasteiger partial charge in [0.2, 0.25) is 5.91 Å². The summed E-state index contributed by atoms with van der Waals surface area (Å²) in [5.41, 5.74) is 0.794. The van der Waals surface area contributed by atoms with Crippen molar-refractivity contribution < 1.29 is 9.90 Å². The molecule has 1 amide bonds. The molecular formula is C19H27NO2. The standard InChI is InChI=1S/C19H27NO2/c1-14(15-6-4-3-5-7-15)16-8-10-20(11-9-16)18(21)17-12-19(2,22)13-17/h3-7,14,16-17,22H,8-13H2,1-2H3/t14-,17?,19?/m1/s1. The van der Waals surface area contributed by atoms with E-state index in [9.17, 15) is 9.90 Å². The van der Waals surface area contributed by atoms with Crippen LogP contribution in [0, 0.1) is 11.8 Å². The first-order valence-electron chi connectivity index (χ1n) is 8.52. The number of hydrogen-bond donors (Lipinski definition) is 1. The van der Waals surface area contributed by atoms with E-state index in [2.05, 4.69) is 37.3 Å². The summed E-state index contributed by atoms with van der Waals surface area (Å²) < 4.78 is 0. The Morgan fingerprint density at radius 2 is 1.82 bits per heavy atom. The molecule has 3 nitrogen and oxygen atoms in total. The van der Waals surface area contributed by atoms with Gasteiger partial charge in [0.15, 0.2) is 0 Å². The topological polar surface area (TPSA) is 40.5 Å². The minimum Gasteiger partial charge on any atom is -0.390 e. The van der Waals surface area contributed by atoms with Gasteiger partial charge in [0.25, 0.3) is 0 Å². The molecule has 22 heavy (non-hydrogen) atoms. The van der Waals surface area contributed by atoms with Gasteiger partial charge in [-0.25, -0.2) is 0 Å². The molecule has 1 aliphatic carbocycles. The third-order valence-electron chi connectivity index (χ3n) is 5.61. The van der Waals surface area contributed by atoms with Gasteiger partial charge in [-0.2, -0.15) is 0 Å². The van der Waals surface area contributed by atoms with Crippen LogP contribution in [0.25, 0.3) is 0 Å². The quantitative estimate of drug-likeness (QED) is 0.931. The van der Waals surface area contributed by atoms with Crippen molar-refractivity contribution in [3.05, 3.63) is 35.9 Å². The van der Waals surface area contributed by atoms with Gasteiger partial charge in [0, 0.05) is 19.0 Å². The van der Waals surface area contributed by atoms with Crippen LogP contribution < -0.4 is 0 Å². The number of amides is 1. The van der Waals surface area contributed by atoms with Crippen LogP contribution in [0.2, 0.25) is 0 Å². The minimum atomic E-state index is -0.611. The zero-order valence-electron chi connectivity index (χ0n) is 13.7. The molecule has 1 heterocycles. The Bertz CT molecular complexity index is 509. The van der Waals surface area contributed by atoms with Crippen molar-refractivity contribution in [3.63, 3.8) is 0 Å². The van der Waals surface area contributed by atoms with Gasteiger partial charge < -0.3 is 10.0 Å². The van der Waals surface area contributed by atoms with E-state index >= 15 is 0 Å². The summed E-state index contributed by atoms with van der Waals surface area (Å²) >= 11 is 0. The van der Waals surface area contributed by atoms with Crippen molar-refractivity contribution in [1.29, 1.82) is 0 Å². The molecular weight excluding hydrogens is 274 g/mol. The molecule has 0 unspecified atom stereocenters. The van der Waals surface area contributed by atoms with Crippen molar-refractivity contribution in [2.45, 2.75) is 51.0 Å². The number of carbonyl (C=O) groups excluding carboxylic acids is 1. The lowest BCUT2D eigenvalue weighted by atomic mass is 9.71. The van der Waals surface area contributed by atoms with Crippen molar-refractivity contribution in [1.82, 2.24) is 4.90 Å². The third-order valence-corrected chi connectivity index (χ3v) is 5.61. The third kappa shape index (κ3) is 3.19. The maximum atomic E-state index is 12.4. The monoisotopic (exact) mass is 301 g/mol. The van der Waals surface area contributed by atoms with Crippen LogP contribution in [0.5, 0.6) is 0 Å². The maximum absolute atomic E-state index is 12.4. The summed E-state index contributed by atoms with van der Waals surface area (Å²) in [4.78, 5) is 14.5. The summed E-state index contributed by atoms with van der Waals surface area (Å²) in [5, 5.41) is 9.80. The molecule has 120 valence electrons. The predicted octanol–water partition coefficient (Wildman–Crippen LogP) is 3.19. The minimum absolute atomic E-state index is 0.0538. The summed E-state index contributed by atoms with van der Waals surface area (Å²) in [6, 6.07) is 10.7. The fraction of sp³-hybridized carbons (Fsp3) is 0.632. The number of piperidine rings is 1. The van der Waals surface area contributed by atoms with E-state index in [1.54, 1.807) is 0 Å². The second kappa shape index (κ2) is 6.04. The fourth-order valence-corrected chi connectivity index (χ4v) is 4.08. The van der Waals surface area contributed by atoms with Gasteiger partial charge in [-0.3, -0.25) is 4.79 Å². The summed E-state index contributed by atoms with van der Waals surface area (Å²) in [6.45, 7) is 5.88. The number of nitrogens with zero attached hydrogens (tertiary/aromatic N) is 1. The van der Waals surface area contributed by atoms with Crippen LogP contribution in [0.4, 0.5) is 0 Å². The molecule has 1 aromatic rings. The number of rotatable bonds is 3. The van der Waals surface area contributed by atoms with Crippen LogP contribution in [-0.2, 0) is 4.79 Å². The van der Waals surface area contributed by atoms with Crippen LogP contribution >= 0.6 is 0 Å². The Kier molecular flexibility index (Phi) is 4.26. The highest BCUT2D eigenvalue weighted by atomic mass is 16.3. The Morgan fingerprint density at radius 3 is 2.36 bits per heavy atom. The van der Waals surface area contributed by atoms with Crippen LogP contribution in [-0.4, -0.2) is 34.6 Å². The molecule has 0 bridgehead atoms. The lowest BCUT2D eigenvalue weighted by Crippen LogP contribution is -2.51. The molecule has 3 rings (SSSR count). The Morgan fingerprint density at radius 1 is 1.23 bits per heavy atom. The summed E-state index contributed by atoms with van der Waals surface area (Å²) in [6.07, 6.45) is 3.44. The average Bonchev–Trinajstić information content (AvgIpc) is 2.52. The van der Waals surface area contributed by atoms with Crippen molar-refractivity contribution in [3.8, 4) is 0 Å². The SMILES string of the molecule is C[C@H](c1ccccc1)C1CCN(C(=O)C2CC(C)(O)C2)CC1. The highest BCUT2D eigenvalue weighted by Gasteiger charge is 2.44. The molecule has 0 radical (unpaired) electrons. The lowest BCUT2D eigenvalue weighted by molar-refractivity contribution is -0.151. The molecule has 3 heteroatoms. The van der Waals surface area contributed by atoms with E-state index < -0.39 is 5.60 Å². The van der Waals surface area contributed by atoms with E-state index in [4.69, 9.17) is 0 Å². The zero-order valence-corrected chi connectivity index (χ0v) is 13.7. The van der Waals surface area contributed by atoms with Gasteiger partial charge in [-0.05, 0) is 50.0 Å². The number of hydrogen-bond acceptors (Lipinski definition) is 2. The molecule has 1 saturated carbocycles. The van der Waals surface area contributed by atoms with Crippen LogP contribution in [0.15, 0.2) is 30.3 Å². The normalized spacial score (nSPS) is 30.7. The van der Waals surface area contributed by atoms with Gasteiger partial charge in [0.05, 0.1) is 5.60 Å². The van der Waals surface area contributed by atoms with Crippen LogP contribution in [0.3, 0.4) is 0 Å². The summed E-state index contributed by atoms with van der Waals surface area (Å²) in [7, 11) is 0.